The maximum absolute atomic E-state index is 2.44. The van der Waals surface area contributed by atoms with Crippen molar-refractivity contribution in [2.75, 3.05) is 4.90 Å². The van der Waals surface area contributed by atoms with Gasteiger partial charge in [-0.2, -0.15) is 0 Å². The molecule has 0 saturated heterocycles. The van der Waals surface area contributed by atoms with Crippen molar-refractivity contribution in [2.45, 2.75) is 19.3 Å². The minimum absolute atomic E-state index is 0.100. The number of nitrogens with zero attached hydrogens (tertiary/aromatic N) is 2. The lowest BCUT2D eigenvalue weighted by Crippen LogP contribution is -2.14. The van der Waals surface area contributed by atoms with E-state index in [0.717, 1.165) is 28.3 Å². The van der Waals surface area contributed by atoms with Crippen LogP contribution in [-0.4, -0.2) is 4.57 Å². The molecule has 2 nitrogen and oxygen atoms in total. The first-order valence-corrected chi connectivity index (χ1v) is 22.6. The molecule has 0 N–H and O–H groups in total. The molecule has 0 radical (unpaired) electrons. The van der Waals surface area contributed by atoms with E-state index in [4.69, 9.17) is 0 Å². The van der Waals surface area contributed by atoms with Gasteiger partial charge in [0.25, 0.3) is 0 Å². The predicted molar refractivity (Wildman–Crippen MR) is 275 cm³/mol. The molecule has 0 aliphatic heterocycles. The standard InChI is InChI=1S/C63H46N2/c1-63(2)56-25-11-6-23-55(56)62-54(24-16-26-57(62)63)53-22-10-13-28-59(53)64(48-39-35-46(36-40-48)45-33-31-44(32-34-45)43-17-4-3-5-18-43)49-41-37-47(38-42-49)50-19-7-12-27-58(50)65-60-29-14-8-20-51(60)52-21-9-15-30-61(52)65/h3-42H,1-2H3. The summed E-state index contributed by atoms with van der Waals surface area (Å²) in [6.45, 7) is 4.72. The summed E-state index contributed by atoms with van der Waals surface area (Å²) < 4.78 is 2.42. The lowest BCUT2D eigenvalue weighted by atomic mass is 9.82. The van der Waals surface area contributed by atoms with Gasteiger partial charge in [0.05, 0.1) is 22.4 Å². The third-order valence-electron chi connectivity index (χ3n) is 13.7. The second-order valence-electron chi connectivity index (χ2n) is 17.7. The van der Waals surface area contributed by atoms with Crippen LogP contribution in [0.25, 0.3) is 83.1 Å². The summed E-state index contributed by atoms with van der Waals surface area (Å²) in [5.74, 6) is 0. The molecule has 0 spiro atoms. The fourth-order valence-corrected chi connectivity index (χ4v) is 10.5. The number of rotatable bonds is 8. The Hall–Kier alpha value is -8.20. The molecule has 12 rings (SSSR count). The summed E-state index contributed by atoms with van der Waals surface area (Å²) in [5.41, 5.74) is 21.7. The topological polar surface area (TPSA) is 8.17 Å². The quantitative estimate of drug-likeness (QED) is 0.148. The van der Waals surface area contributed by atoms with Gasteiger partial charge in [0.2, 0.25) is 0 Å². The summed E-state index contributed by atoms with van der Waals surface area (Å²) in [5, 5.41) is 2.52. The second kappa shape index (κ2) is 15.6. The molecule has 1 heterocycles. The zero-order valence-electron chi connectivity index (χ0n) is 36.5. The van der Waals surface area contributed by atoms with E-state index < -0.39 is 0 Å². The highest BCUT2D eigenvalue weighted by Gasteiger charge is 2.37. The molecule has 0 atom stereocenters. The van der Waals surface area contributed by atoms with Gasteiger partial charge in [-0.05, 0) is 104 Å². The number of hydrogen-bond donors (Lipinski definition) is 0. The lowest BCUT2D eigenvalue weighted by Gasteiger charge is -2.29. The van der Waals surface area contributed by atoms with Crippen LogP contribution in [0.15, 0.2) is 243 Å². The Kier molecular flexibility index (Phi) is 9.21. The molecule has 0 saturated carbocycles. The van der Waals surface area contributed by atoms with Crippen molar-refractivity contribution in [1.82, 2.24) is 4.57 Å². The lowest BCUT2D eigenvalue weighted by molar-refractivity contribution is 0.660. The number of aromatic nitrogens is 1. The highest BCUT2D eigenvalue weighted by atomic mass is 15.1. The molecule has 65 heavy (non-hydrogen) atoms. The highest BCUT2D eigenvalue weighted by Crippen LogP contribution is 2.54. The van der Waals surface area contributed by atoms with Crippen LogP contribution in [0.4, 0.5) is 17.1 Å². The Morgan fingerprint density at radius 2 is 0.769 bits per heavy atom. The summed E-state index contributed by atoms with van der Waals surface area (Å²) >= 11 is 0. The van der Waals surface area contributed by atoms with Crippen LogP contribution in [0, 0.1) is 0 Å². The minimum atomic E-state index is -0.100. The van der Waals surface area contributed by atoms with Crippen molar-refractivity contribution < 1.29 is 0 Å². The molecule has 0 amide bonds. The van der Waals surface area contributed by atoms with E-state index in [9.17, 15) is 0 Å². The Bertz CT molecular complexity index is 3490. The van der Waals surface area contributed by atoms with Gasteiger partial charge >= 0.3 is 0 Å². The Balaban J connectivity index is 0.991. The number of fused-ring (bicyclic) bond motifs is 6. The molecule has 0 bridgehead atoms. The van der Waals surface area contributed by atoms with Gasteiger partial charge in [0, 0.05) is 38.7 Å². The fraction of sp³-hybridized carbons (Fsp3) is 0.0476. The summed E-state index contributed by atoms with van der Waals surface area (Å²) in [6, 6.07) is 88.7. The van der Waals surface area contributed by atoms with E-state index in [1.165, 1.54) is 83.0 Å². The van der Waals surface area contributed by atoms with Gasteiger partial charge in [-0.15, -0.1) is 0 Å². The summed E-state index contributed by atoms with van der Waals surface area (Å²) in [6.07, 6.45) is 0. The van der Waals surface area contributed by atoms with Crippen molar-refractivity contribution in [3.63, 3.8) is 0 Å². The van der Waals surface area contributed by atoms with Crippen molar-refractivity contribution >= 4 is 38.9 Å². The predicted octanol–water partition coefficient (Wildman–Crippen LogP) is 17.2. The first-order valence-electron chi connectivity index (χ1n) is 22.6. The van der Waals surface area contributed by atoms with E-state index in [2.05, 4.69) is 266 Å². The van der Waals surface area contributed by atoms with Crippen LogP contribution in [0.1, 0.15) is 25.0 Å². The van der Waals surface area contributed by atoms with Crippen LogP contribution in [0.2, 0.25) is 0 Å². The van der Waals surface area contributed by atoms with E-state index >= 15 is 0 Å². The Labute approximate surface area is 381 Å². The van der Waals surface area contributed by atoms with Gasteiger partial charge in [-0.1, -0.05) is 208 Å². The van der Waals surface area contributed by atoms with E-state index in [0.29, 0.717) is 0 Å². The first kappa shape index (κ1) is 38.5. The SMILES string of the molecule is CC1(C)c2ccccc2-c2c(-c3ccccc3N(c3ccc(-c4ccc(-c5ccccc5)cc4)cc3)c3ccc(-c4ccccc4-n4c5ccccc5c5ccccc54)cc3)cccc21. The van der Waals surface area contributed by atoms with Crippen LogP contribution >= 0.6 is 0 Å². The minimum Gasteiger partial charge on any atom is -0.310 e. The molecule has 2 heteroatoms. The number of benzene rings is 10. The summed E-state index contributed by atoms with van der Waals surface area (Å²) in [4.78, 5) is 2.44. The number of anilines is 3. The third-order valence-corrected chi connectivity index (χ3v) is 13.7. The Morgan fingerprint density at radius 3 is 1.42 bits per heavy atom. The van der Waals surface area contributed by atoms with Crippen molar-refractivity contribution in [3.8, 4) is 61.3 Å². The van der Waals surface area contributed by atoms with Gasteiger partial charge in [0.1, 0.15) is 0 Å². The third kappa shape index (κ3) is 6.40. The first-order chi connectivity index (χ1) is 32.0. The Morgan fingerprint density at radius 1 is 0.323 bits per heavy atom. The second-order valence-corrected chi connectivity index (χ2v) is 17.7. The van der Waals surface area contributed by atoms with E-state index in [-0.39, 0.29) is 5.41 Å². The van der Waals surface area contributed by atoms with Crippen molar-refractivity contribution in [2.24, 2.45) is 0 Å². The molecule has 308 valence electrons. The molecule has 1 aromatic heterocycles. The van der Waals surface area contributed by atoms with Crippen molar-refractivity contribution in [3.05, 3.63) is 254 Å². The van der Waals surface area contributed by atoms with Crippen LogP contribution < -0.4 is 4.90 Å². The fourth-order valence-electron chi connectivity index (χ4n) is 10.5. The smallest absolute Gasteiger partial charge is 0.0541 e. The molecular formula is C63H46N2. The molecule has 10 aromatic carbocycles. The zero-order valence-corrected chi connectivity index (χ0v) is 36.5. The average Bonchev–Trinajstić information content (AvgIpc) is 3.83. The number of para-hydroxylation sites is 4. The normalized spacial score (nSPS) is 12.6. The van der Waals surface area contributed by atoms with Gasteiger partial charge in [-0.3, -0.25) is 0 Å². The monoisotopic (exact) mass is 830 g/mol. The van der Waals surface area contributed by atoms with Crippen LogP contribution in [0.5, 0.6) is 0 Å². The average molecular weight is 831 g/mol. The molecule has 1 aliphatic carbocycles. The summed E-state index contributed by atoms with van der Waals surface area (Å²) in [7, 11) is 0. The molecule has 0 unspecified atom stereocenters. The van der Waals surface area contributed by atoms with Gasteiger partial charge in [-0.25, -0.2) is 0 Å². The van der Waals surface area contributed by atoms with Crippen LogP contribution in [0.3, 0.4) is 0 Å². The van der Waals surface area contributed by atoms with Gasteiger partial charge in [0.15, 0.2) is 0 Å². The maximum atomic E-state index is 2.44. The zero-order chi connectivity index (χ0) is 43.5. The van der Waals surface area contributed by atoms with E-state index in [1.54, 1.807) is 0 Å². The molecule has 11 aromatic rings. The van der Waals surface area contributed by atoms with Crippen molar-refractivity contribution in [1.29, 1.82) is 0 Å². The molecule has 1 aliphatic rings. The van der Waals surface area contributed by atoms with Crippen LogP contribution in [-0.2, 0) is 5.41 Å². The van der Waals surface area contributed by atoms with E-state index in [1.807, 2.05) is 0 Å². The van der Waals surface area contributed by atoms with Gasteiger partial charge < -0.3 is 9.47 Å². The maximum Gasteiger partial charge on any atom is 0.0541 e. The number of hydrogen-bond acceptors (Lipinski definition) is 1. The molecule has 0 fully saturated rings. The highest BCUT2D eigenvalue weighted by molar-refractivity contribution is 6.10. The molecular weight excluding hydrogens is 785 g/mol. The largest absolute Gasteiger partial charge is 0.310 e.